The van der Waals surface area contributed by atoms with E-state index in [1.807, 2.05) is 6.07 Å². The Bertz CT molecular complexity index is 604. The topological polar surface area (TPSA) is 43.1 Å². The maximum atomic E-state index is 11.0. The molecule has 0 N–H and O–H groups in total. The molecule has 6 heteroatoms. The van der Waals surface area contributed by atoms with Gasteiger partial charge in [-0.1, -0.05) is 47.1 Å². The Kier molecular flexibility index (Phi) is 4.11. The van der Waals surface area contributed by atoms with E-state index in [4.69, 9.17) is 23.2 Å². The zero-order valence-electron chi connectivity index (χ0n) is 8.97. The molecule has 0 spiro atoms. The number of nitro benzene ring substituents is 1. The van der Waals surface area contributed by atoms with Crippen molar-refractivity contribution in [1.82, 2.24) is 0 Å². The lowest BCUT2D eigenvalue weighted by Gasteiger charge is -2.04. The van der Waals surface area contributed by atoms with Crippen molar-refractivity contribution < 1.29 is 4.92 Å². The summed E-state index contributed by atoms with van der Waals surface area (Å²) in [6, 6.07) is 12.0. The molecule has 0 saturated heterocycles. The second kappa shape index (κ2) is 5.61. The van der Waals surface area contributed by atoms with Crippen LogP contribution in [0.5, 0.6) is 0 Å². The van der Waals surface area contributed by atoms with Gasteiger partial charge in [-0.05, 0) is 30.3 Å². The summed E-state index contributed by atoms with van der Waals surface area (Å²) in [7, 11) is 0. The van der Waals surface area contributed by atoms with Crippen molar-refractivity contribution in [2.45, 2.75) is 9.79 Å². The van der Waals surface area contributed by atoms with Crippen molar-refractivity contribution in [2.24, 2.45) is 0 Å². The Morgan fingerprint density at radius 1 is 1.11 bits per heavy atom. The average molecular weight is 300 g/mol. The van der Waals surface area contributed by atoms with E-state index in [0.29, 0.717) is 9.92 Å². The fraction of sp³-hybridized carbons (Fsp3) is 0. The highest BCUT2D eigenvalue weighted by Gasteiger charge is 2.19. The summed E-state index contributed by atoms with van der Waals surface area (Å²) >= 11 is 13.0. The lowest BCUT2D eigenvalue weighted by Crippen LogP contribution is -1.91. The summed E-state index contributed by atoms with van der Waals surface area (Å²) < 4.78 is 0. The molecule has 92 valence electrons. The predicted molar refractivity (Wildman–Crippen MR) is 73.7 cm³/mol. The number of halogens is 2. The molecular formula is C12H7Cl2NO2S. The molecule has 0 fully saturated rings. The molecule has 0 aromatic heterocycles. The number of rotatable bonds is 3. The van der Waals surface area contributed by atoms with E-state index in [-0.39, 0.29) is 10.7 Å². The van der Waals surface area contributed by atoms with Gasteiger partial charge in [0.1, 0.15) is 5.02 Å². The first kappa shape index (κ1) is 13.2. The predicted octanol–water partition coefficient (Wildman–Crippen LogP) is 5.05. The van der Waals surface area contributed by atoms with E-state index in [1.54, 1.807) is 30.3 Å². The second-order valence-electron chi connectivity index (χ2n) is 3.40. The molecule has 0 heterocycles. The highest BCUT2D eigenvalue weighted by Crippen LogP contribution is 2.39. The minimum absolute atomic E-state index is 0.0795. The van der Waals surface area contributed by atoms with Crippen LogP contribution in [0.25, 0.3) is 0 Å². The SMILES string of the molecule is O=[N+]([O-])c1c(Cl)cccc1Sc1cccc(Cl)c1. The van der Waals surface area contributed by atoms with Crippen LogP contribution in [0.2, 0.25) is 10.0 Å². The van der Waals surface area contributed by atoms with Crippen molar-refractivity contribution in [3.8, 4) is 0 Å². The quantitative estimate of drug-likeness (QED) is 0.588. The molecule has 0 saturated carbocycles. The molecule has 0 atom stereocenters. The van der Waals surface area contributed by atoms with Gasteiger partial charge in [-0.2, -0.15) is 0 Å². The summed E-state index contributed by atoms with van der Waals surface area (Å²) in [6.07, 6.45) is 0. The Morgan fingerprint density at radius 2 is 1.83 bits per heavy atom. The Hall–Kier alpha value is -1.23. The first-order valence-corrected chi connectivity index (χ1v) is 6.51. The first-order valence-electron chi connectivity index (χ1n) is 4.94. The van der Waals surface area contributed by atoms with Gasteiger partial charge in [0, 0.05) is 9.92 Å². The summed E-state index contributed by atoms with van der Waals surface area (Å²) in [5.74, 6) is 0. The van der Waals surface area contributed by atoms with Crippen molar-refractivity contribution >= 4 is 40.7 Å². The Balaban J connectivity index is 2.40. The molecule has 2 aromatic rings. The summed E-state index contributed by atoms with van der Waals surface area (Å²) in [6.45, 7) is 0. The third-order valence-electron chi connectivity index (χ3n) is 2.16. The van der Waals surface area contributed by atoms with Gasteiger partial charge >= 0.3 is 5.69 Å². The molecule has 0 aliphatic heterocycles. The van der Waals surface area contributed by atoms with E-state index >= 15 is 0 Å². The molecule has 18 heavy (non-hydrogen) atoms. The lowest BCUT2D eigenvalue weighted by atomic mass is 10.3. The van der Waals surface area contributed by atoms with Crippen LogP contribution in [-0.2, 0) is 0 Å². The van der Waals surface area contributed by atoms with Gasteiger partial charge in [0.15, 0.2) is 0 Å². The summed E-state index contributed by atoms with van der Waals surface area (Å²) in [4.78, 5) is 11.8. The van der Waals surface area contributed by atoms with E-state index in [0.717, 1.165) is 4.90 Å². The van der Waals surface area contributed by atoms with Crippen LogP contribution in [0.3, 0.4) is 0 Å². The number of hydrogen-bond donors (Lipinski definition) is 0. The van der Waals surface area contributed by atoms with Crippen molar-refractivity contribution in [1.29, 1.82) is 0 Å². The van der Waals surface area contributed by atoms with Crippen molar-refractivity contribution in [3.63, 3.8) is 0 Å². The second-order valence-corrected chi connectivity index (χ2v) is 5.36. The van der Waals surface area contributed by atoms with Gasteiger partial charge in [0.05, 0.1) is 9.82 Å². The molecular weight excluding hydrogens is 293 g/mol. The van der Waals surface area contributed by atoms with E-state index in [1.165, 1.54) is 17.8 Å². The third kappa shape index (κ3) is 2.96. The lowest BCUT2D eigenvalue weighted by molar-refractivity contribution is -0.387. The largest absolute Gasteiger partial charge is 0.301 e. The van der Waals surface area contributed by atoms with Gasteiger partial charge in [-0.3, -0.25) is 10.1 Å². The van der Waals surface area contributed by atoms with Crippen LogP contribution < -0.4 is 0 Å². The first-order chi connectivity index (χ1) is 8.58. The fourth-order valence-corrected chi connectivity index (χ4v) is 2.98. The minimum Gasteiger partial charge on any atom is -0.258 e. The van der Waals surface area contributed by atoms with Crippen LogP contribution in [0.1, 0.15) is 0 Å². The number of hydrogen-bond acceptors (Lipinski definition) is 3. The molecule has 0 aliphatic rings. The van der Waals surface area contributed by atoms with Gasteiger partial charge < -0.3 is 0 Å². The monoisotopic (exact) mass is 299 g/mol. The number of benzene rings is 2. The zero-order valence-corrected chi connectivity index (χ0v) is 11.3. The van der Waals surface area contributed by atoms with E-state index < -0.39 is 4.92 Å². The molecule has 0 unspecified atom stereocenters. The number of nitrogens with zero attached hydrogens (tertiary/aromatic N) is 1. The Morgan fingerprint density at radius 3 is 2.50 bits per heavy atom. The maximum absolute atomic E-state index is 11.0. The Labute approximate surface area is 118 Å². The highest BCUT2D eigenvalue weighted by molar-refractivity contribution is 7.99. The van der Waals surface area contributed by atoms with Gasteiger partial charge in [0.2, 0.25) is 0 Å². The number of para-hydroxylation sites is 1. The average Bonchev–Trinajstić information content (AvgIpc) is 2.28. The van der Waals surface area contributed by atoms with Crippen LogP contribution in [0, 0.1) is 10.1 Å². The highest BCUT2D eigenvalue weighted by atomic mass is 35.5. The fourth-order valence-electron chi connectivity index (χ4n) is 1.41. The standard InChI is InChI=1S/C12H7Cl2NO2S/c13-8-3-1-4-9(7-8)18-11-6-2-5-10(14)12(11)15(16)17/h1-7H. The molecule has 2 aromatic carbocycles. The molecule has 0 radical (unpaired) electrons. The molecule has 0 amide bonds. The van der Waals surface area contributed by atoms with Gasteiger partial charge in [-0.15, -0.1) is 0 Å². The minimum atomic E-state index is -0.477. The molecule has 0 bridgehead atoms. The van der Waals surface area contributed by atoms with Gasteiger partial charge in [-0.25, -0.2) is 0 Å². The van der Waals surface area contributed by atoms with Crippen molar-refractivity contribution in [2.75, 3.05) is 0 Å². The van der Waals surface area contributed by atoms with E-state index in [2.05, 4.69) is 0 Å². The number of nitro groups is 1. The maximum Gasteiger partial charge on any atom is 0.301 e. The normalized spacial score (nSPS) is 10.3. The van der Waals surface area contributed by atoms with Crippen LogP contribution in [0.15, 0.2) is 52.3 Å². The zero-order chi connectivity index (χ0) is 13.1. The smallest absolute Gasteiger partial charge is 0.258 e. The molecule has 0 aliphatic carbocycles. The summed E-state index contributed by atoms with van der Waals surface area (Å²) in [5, 5.41) is 11.7. The molecule has 3 nitrogen and oxygen atoms in total. The summed E-state index contributed by atoms with van der Waals surface area (Å²) in [5.41, 5.74) is -0.0795. The van der Waals surface area contributed by atoms with Crippen LogP contribution in [0.4, 0.5) is 5.69 Å². The third-order valence-corrected chi connectivity index (χ3v) is 3.74. The van der Waals surface area contributed by atoms with Crippen LogP contribution >= 0.6 is 35.0 Å². The molecule has 2 rings (SSSR count). The van der Waals surface area contributed by atoms with Crippen molar-refractivity contribution in [3.05, 3.63) is 62.6 Å². The van der Waals surface area contributed by atoms with Gasteiger partial charge in [0.25, 0.3) is 0 Å². The van der Waals surface area contributed by atoms with E-state index in [9.17, 15) is 10.1 Å². The van der Waals surface area contributed by atoms with Crippen LogP contribution in [-0.4, -0.2) is 4.92 Å².